The Balaban J connectivity index is 1.35. The van der Waals surface area contributed by atoms with Crippen molar-refractivity contribution < 1.29 is 19.1 Å². The third-order valence-corrected chi connectivity index (χ3v) is 6.36. The highest BCUT2D eigenvalue weighted by Gasteiger charge is 2.38. The minimum atomic E-state index is -1.06. The molecule has 33 heavy (non-hydrogen) atoms. The van der Waals surface area contributed by atoms with E-state index in [0.717, 1.165) is 24.9 Å². The number of nitrogens with one attached hydrogen (secondary N) is 1. The Morgan fingerprint density at radius 2 is 1.64 bits per heavy atom. The van der Waals surface area contributed by atoms with E-state index in [1.165, 1.54) is 5.56 Å². The van der Waals surface area contributed by atoms with E-state index in [0.29, 0.717) is 17.9 Å². The van der Waals surface area contributed by atoms with Gasteiger partial charge in [-0.15, -0.1) is 0 Å². The van der Waals surface area contributed by atoms with Crippen LogP contribution in [0.25, 0.3) is 5.69 Å². The minimum Gasteiger partial charge on any atom is -0.450 e. The van der Waals surface area contributed by atoms with E-state index in [2.05, 4.69) is 22.5 Å². The summed E-state index contributed by atoms with van der Waals surface area (Å²) in [4.78, 5) is 37.5. The smallest absolute Gasteiger partial charge is 0.380 e. The molecular weight excluding hydrogens is 418 g/mol. The van der Waals surface area contributed by atoms with Gasteiger partial charge in [-0.2, -0.15) is 5.10 Å². The largest absolute Gasteiger partial charge is 0.450 e. The van der Waals surface area contributed by atoms with Gasteiger partial charge in [-0.05, 0) is 44.4 Å². The average molecular weight is 446 g/mol. The summed E-state index contributed by atoms with van der Waals surface area (Å²) in [6.07, 6.45) is 3.11. The highest BCUT2D eigenvalue weighted by atomic mass is 16.5. The van der Waals surface area contributed by atoms with Crippen LogP contribution in [0.4, 0.5) is 0 Å². The van der Waals surface area contributed by atoms with E-state index in [9.17, 15) is 14.4 Å². The van der Waals surface area contributed by atoms with Gasteiger partial charge in [-0.25, -0.2) is 9.48 Å². The standard InChI is InChI=1S/C26H27N3O4/c1-18-23(19(2)29(28-18)21-12-7-4-8-13-21)24(31)25(32)33-16-22(30)27-17-26(14-9-15-26)20-10-5-3-6-11-20/h3-8,10-13H,9,14-17H2,1-2H3,(H,27,30). The maximum Gasteiger partial charge on any atom is 0.380 e. The van der Waals surface area contributed by atoms with Crippen molar-refractivity contribution >= 4 is 17.7 Å². The predicted octanol–water partition coefficient (Wildman–Crippen LogP) is 3.45. The number of aryl methyl sites for hydroxylation is 1. The number of hydrogen-bond acceptors (Lipinski definition) is 5. The Morgan fingerprint density at radius 1 is 1.00 bits per heavy atom. The molecule has 4 rings (SSSR count). The van der Waals surface area contributed by atoms with Crippen LogP contribution in [0.2, 0.25) is 0 Å². The lowest BCUT2D eigenvalue weighted by atomic mass is 9.64. The topological polar surface area (TPSA) is 90.3 Å². The Hall–Kier alpha value is -3.74. The number of Topliss-reactive ketones (excluding diaryl/α,β-unsaturated/α-hetero) is 1. The first kappa shape index (κ1) is 22.5. The van der Waals surface area contributed by atoms with Crippen molar-refractivity contribution in [1.82, 2.24) is 15.1 Å². The van der Waals surface area contributed by atoms with Crippen molar-refractivity contribution in [1.29, 1.82) is 0 Å². The van der Waals surface area contributed by atoms with Crippen LogP contribution in [-0.2, 0) is 19.7 Å². The Labute approximate surface area is 192 Å². The van der Waals surface area contributed by atoms with Crippen molar-refractivity contribution in [3.63, 3.8) is 0 Å². The molecule has 0 saturated heterocycles. The highest BCUT2D eigenvalue weighted by molar-refractivity contribution is 6.41. The number of hydrogen-bond donors (Lipinski definition) is 1. The van der Waals surface area contributed by atoms with Gasteiger partial charge >= 0.3 is 5.97 Å². The fraction of sp³-hybridized carbons (Fsp3) is 0.308. The molecule has 170 valence electrons. The number of carbonyl (C=O) groups is 3. The summed E-state index contributed by atoms with van der Waals surface area (Å²) in [5.41, 5.74) is 3.08. The summed E-state index contributed by atoms with van der Waals surface area (Å²) in [5.74, 6) is -2.29. The molecule has 7 nitrogen and oxygen atoms in total. The second-order valence-electron chi connectivity index (χ2n) is 8.48. The SMILES string of the molecule is Cc1nn(-c2ccccc2)c(C)c1C(=O)C(=O)OCC(=O)NCC1(c2ccccc2)CCC1. The first-order valence-electron chi connectivity index (χ1n) is 11.1. The Kier molecular flexibility index (Phi) is 6.40. The van der Waals surface area contributed by atoms with Crippen LogP contribution in [0.1, 0.15) is 46.6 Å². The summed E-state index contributed by atoms with van der Waals surface area (Å²) in [6, 6.07) is 19.4. The van der Waals surface area contributed by atoms with Gasteiger partial charge in [-0.3, -0.25) is 9.59 Å². The van der Waals surface area contributed by atoms with Crippen LogP contribution >= 0.6 is 0 Å². The number of amides is 1. The Morgan fingerprint density at radius 3 is 2.24 bits per heavy atom. The number of para-hydroxylation sites is 1. The van der Waals surface area contributed by atoms with Gasteiger partial charge in [0.05, 0.1) is 22.6 Å². The van der Waals surface area contributed by atoms with Crippen LogP contribution in [0.3, 0.4) is 0 Å². The van der Waals surface area contributed by atoms with Crippen LogP contribution in [-0.4, -0.2) is 40.6 Å². The van der Waals surface area contributed by atoms with Gasteiger partial charge in [0.15, 0.2) is 6.61 Å². The van der Waals surface area contributed by atoms with Crippen molar-refractivity contribution in [2.24, 2.45) is 0 Å². The third kappa shape index (κ3) is 4.58. The maximum atomic E-state index is 12.7. The summed E-state index contributed by atoms with van der Waals surface area (Å²) in [7, 11) is 0. The summed E-state index contributed by atoms with van der Waals surface area (Å²) in [5, 5.41) is 7.25. The molecule has 0 spiro atoms. The zero-order valence-electron chi connectivity index (χ0n) is 18.8. The molecule has 2 aromatic carbocycles. The number of carbonyl (C=O) groups excluding carboxylic acids is 3. The van der Waals surface area contributed by atoms with Crippen LogP contribution in [0.5, 0.6) is 0 Å². The number of rotatable bonds is 8. The Bertz CT molecular complexity index is 1170. The number of benzene rings is 2. The lowest BCUT2D eigenvalue weighted by Crippen LogP contribution is -2.46. The van der Waals surface area contributed by atoms with E-state index < -0.39 is 24.3 Å². The normalized spacial score (nSPS) is 14.2. The van der Waals surface area contributed by atoms with E-state index in [-0.39, 0.29) is 11.0 Å². The molecule has 1 heterocycles. The highest BCUT2D eigenvalue weighted by Crippen LogP contribution is 2.43. The second-order valence-corrected chi connectivity index (χ2v) is 8.48. The zero-order chi connectivity index (χ0) is 23.4. The number of aromatic nitrogens is 2. The summed E-state index contributed by atoms with van der Waals surface area (Å²) < 4.78 is 6.65. The molecule has 0 radical (unpaired) electrons. The van der Waals surface area contributed by atoms with E-state index in [1.807, 2.05) is 48.5 Å². The summed E-state index contributed by atoms with van der Waals surface area (Å²) in [6.45, 7) is 3.37. The molecule has 0 bridgehead atoms. The molecule has 1 amide bonds. The molecule has 1 saturated carbocycles. The molecule has 1 fully saturated rings. The van der Waals surface area contributed by atoms with Crippen molar-refractivity contribution in [3.8, 4) is 5.69 Å². The fourth-order valence-corrected chi connectivity index (χ4v) is 4.37. The quantitative estimate of drug-likeness (QED) is 0.326. The minimum absolute atomic E-state index is 0.0724. The summed E-state index contributed by atoms with van der Waals surface area (Å²) >= 11 is 0. The molecule has 3 aromatic rings. The van der Waals surface area contributed by atoms with Crippen molar-refractivity contribution in [2.75, 3.05) is 13.2 Å². The fourth-order valence-electron chi connectivity index (χ4n) is 4.37. The van der Waals surface area contributed by atoms with Gasteiger partial charge in [0, 0.05) is 12.0 Å². The first-order valence-corrected chi connectivity index (χ1v) is 11.1. The van der Waals surface area contributed by atoms with E-state index in [4.69, 9.17) is 4.74 Å². The molecule has 1 aromatic heterocycles. The molecule has 0 unspecified atom stereocenters. The molecule has 7 heteroatoms. The van der Waals surface area contributed by atoms with Crippen LogP contribution < -0.4 is 5.32 Å². The van der Waals surface area contributed by atoms with Crippen molar-refractivity contribution in [2.45, 2.75) is 38.5 Å². The van der Waals surface area contributed by atoms with Gasteiger partial charge < -0.3 is 10.1 Å². The first-order chi connectivity index (χ1) is 15.9. The number of esters is 1. The number of ketones is 1. The average Bonchev–Trinajstić information content (AvgIpc) is 3.11. The molecule has 1 N–H and O–H groups in total. The maximum absolute atomic E-state index is 12.7. The van der Waals surface area contributed by atoms with Gasteiger partial charge in [0.1, 0.15) is 0 Å². The molecule has 0 aliphatic heterocycles. The number of ether oxygens (including phenoxy) is 1. The number of nitrogens with zero attached hydrogens (tertiary/aromatic N) is 2. The van der Waals surface area contributed by atoms with Crippen LogP contribution in [0.15, 0.2) is 60.7 Å². The molecular formula is C26H27N3O4. The van der Waals surface area contributed by atoms with Crippen LogP contribution in [0, 0.1) is 13.8 Å². The second kappa shape index (κ2) is 9.40. The van der Waals surface area contributed by atoms with Gasteiger partial charge in [0.25, 0.3) is 11.7 Å². The van der Waals surface area contributed by atoms with Gasteiger partial charge in [0.2, 0.25) is 0 Å². The van der Waals surface area contributed by atoms with E-state index >= 15 is 0 Å². The predicted molar refractivity (Wildman–Crippen MR) is 123 cm³/mol. The lowest BCUT2D eigenvalue weighted by molar-refractivity contribution is -0.144. The third-order valence-electron chi connectivity index (χ3n) is 6.36. The zero-order valence-corrected chi connectivity index (χ0v) is 18.8. The molecule has 1 aliphatic carbocycles. The lowest BCUT2D eigenvalue weighted by Gasteiger charge is -2.42. The monoisotopic (exact) mass is 445 g/mol. The van der Waals surface area contributed by atoms with E-state index in [1.54, 1.807) is 18.5 Å². The van der Waals surface area contributed by atoms with Crippen molar-refractivity contribution in [3.05, 3.63) is 83.2 Å². The van der Waals surface area contributed by atoms with Gasteiger partial charge in [-0.1, -0.05) is 55.0 Å². The molecule has 0 atom stereocenters. The molecule has 1 aliphatic rings.